The van der Waals surface area contributed by atoms with Gasteiger partial charge in [0.15, 0.2) is 0 Å². The molecule has 1 saturated carbocycles. The van der Waals surface area contributed by atoms with E-state index in [-0.39, 0.29) is 5.91 Å². The van der Waals surface area contributed by atoms with Crippen LogP contribution in [0.4, 0.5) is 0 Å². The van der Waals surface area contributed by atoms with Crippen molar-refractivity contribution in [1.29, 1.82) is 0 Å². The van der Waals surface area contributed by atoms with Crippen LogP contribution in [0.25, 0.3) is 10.9 Å². The smallest absolute Gasteiger partial charge is 0.253 e. The van der Waals surface area contributed by atoms with Gasteiger partial charge in [-0.15, -0.1) is 0 Å². The number of benzene rings is 1. The van der Waals surface area contributed by atoms with Crippen molar-refractivity contribution < 1.29 is 4.79 Å². The number of carbonyl (C=O) groups is 1. The molecule has 1 fully saturated rings. The summed E-state index contributed by atoms with van der Waals surface area (Å²) >= 11 is 0. The van der Waals surface area contributed by atoms with Gasteiger partial charge in [0.2, 0.25) is 0 Å². The van der Waals surface area contributed by atoms with E-state index in [1.807, 2.05) is 32.0 Å². The fourth-order valence-electron chi connectivity index (χ4n) is 3.14. The van der Waals surface area contributed by atoms with Crippen LogP contribution < -0.4 is 5.32 Å². The summed E-state index contributed by atoms with van der Waals surface area (Å²) < 4.78 is 0. The van der Waals surface area contributed by atoms with E-state index in [2.05, 4.69) is 15.3 Å². The number of nitrogens with one attached hydrogen (secondary N) is 1. The second-order valence-electron chi connectivity index (χ2n) is 5.87. The Balaban J connectivity index is 1.94. The van der Waals surface area contributed by atoms with Gasteiger partial charge in [0, 0.05) is 17.1 Å². The van der Waals surface area contributed by atoms with Gasteiger partial charge in [-0.05, 0) is 32.8 Å². The van der Waals surface area contributed by atoms with Crippen molar-refractivity contribution >= 4 is 16.8 Å². The van der Waals surface area contributed by atoms with E-state index >= 15 is 0 Å². The fraction of sp³-hybridized carbons (Fsp3) is 0.471. The molecule has 0 spiro atoms. The Kier molecular flexibility index (Phi) is 3.86. The monoisotopic (exact) mass is 283 g/mol. The van der Waals surface area contributed by atoms with Crippen LogP contribution in [0, 0.1) is 13.8 Å². The Morgan fingerprint density at radius 2 is 1.90 bits per heavy atom. The van der Waals surface area contributed by atoms with Gasteiger partial charge in [-0.2, -0.15) is 0 Å². The zero-order chi connectivity index (χ0) is 14.8. The lowest BCUT2D eigenvalue weighted by Crippen LogP contribution is -2.36. The standard InChI is InChI=1S/C17H21N3O/c1-11-14-9-6-10-15(16(14)19-12(2)18-11)17(21)20-13-7-4-3-5-8-13/h6,9-10,13H,3-5,7-8H2,1-2H3,(H,20,21). The highest BCUT2D eigenvalue weighted by Gasteiger charge is 2.19. The molecule has 1 aromatic carbocycles. The lowest BCUT2D eigenvalue weighted by Gasteiger charge is -2.23. The number of para-hydroxylation sites is 1. The molecule has 4 nitrogen and oxygen atoms in total. The third kappa shape index (κ3) is 2.89. The molecule has 1 aliphatic rings. The topological polar surface area (TPSA) is 54.9 Å². The third-order valence-corrected chi connectivity index (χ3v) is 4.21. The van der Waals surface area contributed by atoms with Crippen molar-refractivity contribution in [2.75, 3.05) is 0 Å². The molecular weight excluding hydrogens is 262 g/mol. The first kappa shape index (κ1) is 14.0. The van der Waals surface area contributed by atoms with E-state index < -0.39 is 0 Å². The number of aromatic nitrogens is 2. The number of fused-ring (bicyclic) bond motifs is 1. The molecule has 3 rings (SSSR count). The van der Waals surface area contributed by atoms with Crippen LogP contribution in [0.5, 0.6) is 0 Å². The van der Waals surface area contributed by atoms with E-state index in [1.165, 1.54) is 19.3 Å². The highest BCUT2D eigenvalue weighted by Crippen LogP contribution is 2.21. The van der Waals surface area contributed by atoms with Gasteiger partial charge in [-0.3, -0.25) is 4.79 Å². The van der Waals surface area contributed by atoms with Crippen LogP contribution in [0.1, 0.15) is 54.0 Å². The molecule has 1 N–H and O–H groups in total. The Morgan fingerprint density at radius 3 is 2.67 bits per heavy atom. The fourth-order valence-corrected chi connectivity index (χ4v) is 3.14. The minimum atomic E-state index is -0.00926. The number of hydrogen-bond donors (Lipinski definition) is 1. The summed E-state index contributed by atoms with van der Waals surface area (Å²) in [7, 11) is 0. The van der Waals surface area contributed by atoms with Crippen LogP contribution in [0.2, 0.25) is 0 Å². The quantitative estimate of drug-likeness (QED) is 0.920. The lowest BCUT2D eigenvalue weighted by atomic mass is 9.95. The van der Waals surface area contributed by atoms with Crippen LogP contribution in [0.3, 0.4) is 0 Å². The minimum absolute atomic E-state index is 0.00926. The van der Waals surface area contributed by atoms with E-state index in [0.29, 0.717) is 17.4 Å². The van der Waals surface area contributed by atoms with Crippen molar-refractivity contribution in [3.8, 4) is 0 Å². The number of amides is 1. The number of rotatable bonds is 2. The van der Waals surface area contributed by atoms with Gasteiger partial charge in [0.25, 0.3) is 5.91 Å². The van der Waals surface area contributed by atoms with E-state index in [1.54, 1.807) is 0 Å². The summed E-state index contributed by atoms with van der Waals surface area (Å²) in [5.74, 6) is 0.697. The molecule has 2 aromatic rings. The molecule has 1 aromatic heterocycles. The first-order chi connectivity index (χ1) is 10.1. The molecule has 0 aliphatic heterocycles. The summed E-state index contributed by atoms with van der Waals surface area (Å²) in [4.78, 5) is 21.4. The van der Waals surface area contributed by atoms with Crippen LogP contribution in [0.15, 0.2) is 18.2 Å². The maximum atomic E-state index is 12.6. The van der Waals surface area contributed by atoms with Gasteiger partial charge in [0.1, 0.15) is 5.82 Å². The van der Waals surface area contributed by atoms with Crippen molar-refractivity contribution in [3.63, 3.8) is 0 Å². The van der Waals surface area contributed by atoms with Gasteiger partial charge in [-0.1, -0.05) is 31.4 Å². The van der Waals surface area contributed by atoms with Crippen molar-refractivity contribution in [1.82, 2.24) is 15.3 Å². The number of nitrogens with zero attached hydrogens (tertiary/aromatic N) is 2. The molecule has 0 atom stereocenters. The molecule has 1 aliphatic carbocycles. The van der Waals surface area contributed by atoms with Crippen molar-refractivity contribution in [2.45, 2.75) is 52.0 Å². The van der Waals surface area contributed by atoms with Crippen LogP contribution >= 0.6 is 0 Å². The normalized spacial score (nSPS) is 16.1. The SMILES string of the molecule is Cc1nc(C)c2cccc(C(=O)NC3CCCCC3)c2n1. The maximum Gasteiger partial charge on any atom is 0.253 e. The molecule has 0 bridgehead atoms. The van der Waals surface area contributed by atoms with Crippen molar-refractivity contribution in [3.05, 3.63) is 35.3 Å². The minimum Gasteiger partial charge on any atom is -0.349 e. The molecule has 110 valence electrons. The number of hydrogen-bond acceptors (Lipinski definition) is 3. The second-order valence-corrected chi connectivity index (χ2v) is 5.87. The maximum absolute atomic E-state index is 12.6. The first-order valence-electron chi connectivity index (χ1n) is 7.70. The zero-order valence-corrected chi connectivity index (χ0v) is 12.6. The molecular formula is C17H21N3O. The molecule has 1 amide bonds. The zero-order valence-electron chi connectivity index (χ0n) is 12.6. The summed E-state index contributed by atoms with van der Waals surface area (Å²) in [6.07, 6.45) is 5.88. The Bertz CT molecular complexity index is 675. The number of aryl methyl sites for hydroxylation is 2. The Morgan fingerprint density at radius 1 is 1.14 bits per heavy atom. The summed E-state index contributed by atoms with van der Waals surface area (Å²) in [5, 5.41) is 4.12. The molecule has 1 heterocycles. The summed E-state index contributed by atoms with van der Waals surface area (Å²) in [6, 6.07) is 6.04. The summed E-state index contributed by atoms with van der Waals surface area (Å²) in [6.45, 7) is 3.82. The first-order valence-corrected chi connectivity index (χ1v) is 7.70. The second kappa shape index (κ2) is 5.80. The average molecular weight is 283 g/mol. The van der Waals surface area contributed by atoms with Crippen molar-refractivity contribution in [2.24, 2.45) is 0 Å². The molecule has 0 saturated heterocycles. The van der Waals surface area contributed by atoms with Gasteiger partial charge in [0.05, 0.1) is 11.1 Å². The predicted molar refractivity (Wildman–Crippen MR) is 83.4 cm³/mol. The molecule has 0 unspecified atom stereocenters. The highest BCUT2D eigenvalue weighted by molar-refractivity contribution is 6.06. The average Bonchev–Trinajstić information content (AvgIpc) is 2.47. The largest absolute Gasteiger partial charge is 0.349 e. The van der Waals surface area contributed by atoms with Gasteiger partial charge in [-0.25, -0.2) is 9.97 Å². The summed E-state index contributed by atoms with van der Waals surface area (Å²) in [5.41, 5.74) is 2.34. The molecule has 21 heavy (non-hydrogen) atoms. The van der Waals surface area contributed by atoms with E-state index in [0.717, 1.165) is 29.4 Å². The Labute approximate surface area is 125 Å². The van der Waals surface area contributed by atoms with E-state index in [9.17, 15) is 4.79 Å². The van der Waals surface area contributed by atoms with E-state index in [4.69, 9.17) is 0 Å². The highest BCUT2D eigenvalue weighted by atomic mass is 16.1. The van der Waals surface area contributed by atoms with Gasteiger partial charge < -0.3 is 5.32 Å². The predicted octanol–water partition coefficient (Wildman–Crippen LogP) is 3.31. The Hall–Kier alpha value is -1.97. The molecule has 4 heteroatoms. The number of carbonyl (C=O) groups excluding carboxylic acids is 1. The van der Waals surface area contributed by atoms with Crippen LogP contribution in [-0.4, -0.2) is 21.9 Å². The van der Waals surface area contributed by atoms with Crippen LogP contribution in [-0.2, 0) is 0 Å². The molecule has 0 radical (unpaired) electrons. The van der Waals surface area contributed by atoms with Gasteiger partial charge >= 0.3 is 0 Å². The third-order valence-electron chi connectivity index (χ3n) is 4.21. The lowest BCUT2D eigenvalue weighted by molar-refractivity contribution is 0.0929.